The molecule has 1 radical (unpaired) electrons. The molecule has 0 aromatic heterocycles. The Labute approximate surface area is 328 Å². The molecule has 2 aromatic carbocycles. The molecule has 281 valence electrons. The third-order valence-corrected chi connectivity index (χ3v) is 12.5. The number of ether oxygens (including phenoxy) is 2. The van der Waals surface area contributed by atoms with Crippen LogP contribution < -0.4 is 9.26 Å². The Balaban J connectivity index is 0.00000464. The number of rotatable bonds is 11. The predicted octanol–water partition coefficient (Wildman–Crippen LogP) is 2.65. The van der Waals surface area contributed by atoms with Crippen LogP contribution in [0.1, 0.15) is 48.8 Å². The number of benzene rings is 2. The first-order valence-electron chi connectivity index (χ1n) is 16.7. The minimum Gasteiger partial charge on any atom is -0.487 e. The van der Waals surface area contributed by atoms with Crippen LogP contribution in [0.3, 0.4) is 0 Å². The molecule has 8 atom stereocenters. The average molecular weight is 844 g/mol. The number of hydrogen-bond donors (Lipinski definition) is 7. The largest absolute Gasteiger partial charge is 0.527 e. The average Bonchev–Trinajstić information content (AvgIpc) is 3.08. The van der Waals surface area contributed by atoms with Crippen LogP contribution in [0.4, 0.5) is 0 Å². The molecule has 0 amide bonds. The van der Waals surface area contributed by atoms with Crippen LogP contribution in [0, 0.1) is 23.7 Å². The van der Waals surface area contributed by atoms with E-state index in [9.17, 15) is 44.9 Å². The van der Waals surface area contributed by atoms with Crippen molar-refractivity contribution in [3.05, 3.63) is 64.2 Å². The summed E-state index contributed by atoms with van der Waals surface area (Å²) in [6.07, 6.45) is -4.20. The summed E-state index contributed by atoms with van der Waals surface area (Å²) in [6.45, 7) is -0.0830. The quantitative estimate of drug-likeness (QED) is 0.0980. The summed E-state index contributed by atoms with van der Waals surface area (Å²) in [5.74, 6) is -0.712. The number of phosphoric acid groups is 1. The fourth-order valence-corrected chi connectivity index (χ4v) is 10.4. The van der Waals surface area contributed by atoms with Crippen molar-refractivity contribution in [1.82, 2.24) is 0 Å². The molecule has 7 N–H and O–H groups in total. The molecular weight excluding hydrogens is 804 g/mol. The molecule has 52 heavy (non-hydrogen) atoms. The van der Waals surface area contributed by atoms with Gasteiger partial charge in [0.25, 0.3) is 5.79 Å². The second kappa shape index (κ2) is 15.2. The van der Waals surface area contributed by atoms with Gasteiger partial charge in [-0.3, -0.25) is 9.42 Å². The second-order valence-electron chi connectivity index (χ2n) is 14.1. The van der Waals surface area contributed by atoms with E-state index in [0.29, 0.717) is 28.5 Å². The maximum Gasteiger partial charge on any atom is 0.527 e. The maximum atomic E-state index is 12.7. The third-order valence-electron chi connectivity index (χ3n) is 11.2. The molecule has 8 rings (SSSR count). The molecule has 2 aromatic rings. The molecular formula is C34H40ClO15PY. The van der Waals surface area contributed by atoms with Crippen LogP contribution >= 0.6 is 19.4 Å². The molecule has 6 fully saturated rings. The molecule has 18 heteroatoms. The van der Waals surface area contributed by atoms with Crippen LogP contribution in [0.15, 0.2) is 42.5 Å². The maximum absolute atomic E-state index is 12.7. The topological polar surface area (TPSA) is 231 Å². The summed E-state index contributed by atoms with van der Waals surface area (Å²) < 4.78 is 35.0. The van der Waals surface area contributed by atoms with Gasteiger partial charge in [-0.05, 0) is 79.5 Å². The minimum absolute atomic E-state index is 0. The molecule has 1 heterocycles. The first-order chi connectivity index (χ1) is 24.2. The van der Waals surface area contributed by atoms with Crippen molar-refractivity contribution in [3.8, 4) is 11.5 Å². The van der Waals surface area contributed by atoms with E-state index in [4.69, 9.17) is 39.9 Å². The van der Waals surface area contributed by atoms with Crippen LogP contribution in [-0.4, -0.2) is 90.8 Å². The Hall–Kier alpha value is -1.53. The van der Waals surface area contributed by atoms with E-state index in [-0.39, 0.29) is 67.7 Å². The van der Waals surface area contributed by atoms with Crippen LogP contribution in [0.5, 0.6) is 11.5 Å². The van der Waals surface area contributed by atoms with Crippen LogP contribution in [0.25, 0.3) is 6.08 Å². The van der Waals surface area contributed by atoms with Gasteiger partial charge in [0, 0.05) is 57.0 Å². The summed E-state index contributed by atoms with van der Waals surface area (Å²) in [4.78, 5) is 33.7. The van der Waals surface area contributed by atoms with E-state index < -0.39 is 61.8 Å². The van der Waals surface area contributed by atoms with E-state index in [2.05, 4.69) is 0 Å². The number of carboxylic acids is 1. The Kier molecular flexibility index (Phi) is 11.7. The summed E-state index contributed by atoms with van der Waals surface area (Å²) in [6, 6.07) is 9.09. The fourth-order valence-electron chi connectivity index (χ4n) is 9.03. The monoisotopic (exact) mass is 843 g/mol. The third kappa shape index (κ3) is 6.83. The van der Waals surface area contributed by atoms with E-state index >= 15 is 0 Å². The van der Waals surface area contributed by atoms with Crippen LogP contribution in [-0.2, 0) is 73.5 Å². The fraction of sp³-hybridized carbons (Fsp3) is 0.559. The van der Waals surface area contributed by atoms with Gasteiger partial charge in [0.1, 0.15) is 54.7 Å². The molecule has 4 unspecified atom stereocenters. The van der Waals surface area contributed by atoms with Gasteiger partial charge < -0.3 is 44.6 Å². The molecule has 6 aliphatic rings. The minimum atomic E-state index is -5.04. The van der Waals surface area contributed by atoms with Crippen molar-refractivity contribution in [3.63, 3.8) is 0 Å². The zero-order chi connectivity index (χ0) is 36.5. The molecule has 4 bridgehead atoms. The number of carboxylic acid groups (broad SMARTS) is 1. The smallest absolute Gasteiger partial charge is 0.487 e. The van der Waals surface area contributed by atoms with Gasteiger partial charge in [-0.2, -0.15) is 4.89 Å². The van der Waals surface area contributed by atoms with Crippen molar-refractivity contribution in [2.45, 2.75) is 86.7 Å². The number of halogens is 1. The number of aliphatic hydroxyl groups is 5. The van der Waals surface area contributed by atoms with Crippen molar-refractivity contribution >= 4 is 31.5 Å². The van der Waals surface area contributed by atoms with E-state index in [1.807, 2.05) is 0 Å². The van der Waals surface area contributed by atoms with Gasteiger partial charge in [-0.1, -0.05) is 35.9 Å². The van der Waals surface area contributed by atoms with Gasteiger partial charge in [0.05, 0.1) is 5.02 Å². The molecule has 5 saturated carbocycles. The Morgan fingerprint density at radius 2 is 1.48 bits per heavy atom. The normalized spacial score (nSPS) is 38.8. The van der Waals surface area contributed by atoms with E-state index in [1.165, 1.54) is 36.8 Å². The number of carbonyl (C=O) groups is 1. The zero-order valence-electron chi connectivity index (χ0n) is 27.9. The zero-order valence-corrected chi connectivity index (χ0v) is 32.4. The van der Waals surface area contributed by atoms with Gasteiger partial charge in [0.2, 0.25) is 0 Å². The number of methoxy groups -OCH3 is 1. The van der Waals surface area contributed by atoms with E-state index in [0.717, 1.165) is 31.8 Å². The van der Waals surface area contributed by atoms with Crippen LogP contribution in [0.2, 0.25) is 5.02 Å². The Bertz CT molecular complexity index is 1680. The van der Waals surface area contributed by atoms with Gasteiger partial charge in [-0.25, -0.2) is 14.2 Å². The summed E-state index contributed by atoms with van der Waals surface area (Å²) in [7, 11) is -3.49. The SMILES string of the molecule is COC1(c2ccc(/C=C/C(=O)O)c(OCc3ccc(OP(=O)(O)OC4[C@H](O)[C@H](O)C(O)[C@H](O)[C@H]4O)cc3)c2Cl)OOC12C1CC3CC(C1)CC2C3.[Y]. The van der Waals surface area contributed by atoms with Crippen molar-refractivity contribution in [2.75, 3.05) is 7.11 Å². The second-order valence-corrected chi connectivity index (χ2v) is 15.8. The first-order valence-corrected chi connectivity index (χ1v) is 18.6. The Morgan fingerprint density at radius 3 is 2.00 bits per heavy atom. The number of aliphatic hydroxyl groups excluding tert-OH is 5. The van der Waals surface area contributed by atoms with E-state index in [1.54, 1.807) is 19.2 Å². The van der Waals surface area contributed by atoms with Crippen molar-refractivity contribution in [2.24, 2.45) is 23.7 Å². The summed E-state index contributed by atoms with van der Waals surface area (Å²) >= 11 is 7.10. The molecule has 1 aliphatic heterocycles. The van der Waals surface area contributed by atoms with Gasteiger partial charge >= 0.3 is 13.8 Å². The first kappa shape index (κ1) is 40.1. The predicted molar refractivity (Wildman–Crippen MR) is 175 cm³/mol. The standard InChI is InChI=1S/C34H40ClO15P.Y/c1-45-34(33(49-50-34)20-11-17-10-18(13-20)14-21(33)12-17)23-8-4-19(5-9-24(36)37)31(25(23)35)46-15-16-2-6-22(7-3-16)47-51(43,44)48-32-29(41)27(39)26(38)28(40)30(32)42;/h2-9,17-18,20-21,26-30,32,38-42H,10-15H2,1H3,(H,36,37)(H,43,44);/b9-5+;/t17?,18?,20?,21?,26?,27-,28+,29-,30-,32?,33?,34?;/m1./s1. The molecule has 1 spiro atoms. The number of aliphatic carboxylic acids is 1. The Morgan fingerprint density at radius 1 is 0.904 bits per heavy atom. The summed E-state index contributed by atoms with van der Waals surface area (Å²) in [5.41, 5.74) is 0.697. The number of hydrogen-bond acceptors (Lipinski definition) is 13. The van der Waals surface area contributed by atoms with Crippen molar-refractivity contribution in [1.29, 1.82) is 0 Å². The van der Waals surface area contributed by atoms with Gasteiger partial charge in [0.15, 0.2) is 5.60 Å². The summed E-state index contributed by atoms with van der Waals surface area (Å²) in [5, 5.41) is 59.3. The molecule has 15 nitrogen and oxygen atoms in total. The molecule has 1 saturated heterocycles. The van der Waals surface area contributed by atoms with Crippen molar-refractivity contribution < 1.29 is 106 Å². The molecule has 5 aliphatic carbocycles. The van der Waals surface area contributed by atoms with Gasteiger partial charge in [-0.15, -0.1) is 0 Å². The number of phosphoric ester groups is 1.